The molecule has 0 radical (unpaired) electrons. The van der Waals surface area contributed by atoms with E-state index in [9.17, 15) is 9.59 Å². The first-order chi connectivity index (χ1) is 15.2. The Morgan fingerprint density at radius 2 is 1.75 bits per heavy atom. The van der Waals surface area contributed by atoms with Gasteiger partial charge in [-0.2, -0.15) is 4.99 Å². The number of thioether (sulfide) groups is 1. The third-order valence-corrected chi connectivity index (χ3v) is 6.76. The maximum atomic E-state index is 12.5. The van der Waals surface area contributed by atoms with Crippen LogP contribution in [0.2, 0.25) is 15.1 Å². The number of hydrogen-bond acceptors (Lipinski definition) is 3. The van der Waals surface area contributed by atoms with Gasteiger partial charge in [0.05, 0.1) is 15.0 Å². The van der Waals surface area contributed by atoms with Crippen molar-refractivity contribution in [3.8, 4) is 5.69 Å². The number of halogens is 3. The zero-order valence-electron chi connectivity index (χ0n) is 16.9. The molecule has 9 heteroatoms. The molecule has 5 nitrogen and oxygen atoms in total. The lowest BCUT2D eigenvalue weighted by molar-refractivity contribution is -0.115. The minimum Gasteiger partial charge on any atom is -0.318 e. The van der Waals surface area contributed by atoms with E-state index in [2.05, 4.69) is 10.3 Å². The molecule has 0 unspecified atom stereocenters. The number of amidine groups is 1. The number of nitrogens with zero attached hydrogens (tertiary/aromatic N) is 2. The smallest absolute Gasteiger partial charge is 0.279 e. The van der Waals surface area contributed by atoms with E-state index in [-0.39, 0.29) is 11.1 Å². The van der Waals surface area contributed by atoms with Crippen LogP contribution in [0.25, 0.3) is 11.8 Å². The molecule has 0 atom stereocenters. The number of hydrogen-bond donors (Lipinski definition) is 1. The van der Waals surface area contributed by atoms with Crippen molar-refractivity contribution in [3.05, 3.63) is 91.0 Å². The number of carbonyl (C=O) groups excluding carboxylic acids is 2. The Bertz CT molecular complexity index is 1310. The monoisotopic (exact) mass is 503 g/mol. The van der Waals surface area contributed by atoms with E-state index >= 15 is 0 Å². The van der Waals surface area contributed by atoms with Crippen molar-refractivity contribution in [3.63, 3.8) is 0 Å². The van der Waals surface area contributed by atoms with Crippen LogP contribution < -0.4 is 5.32 Å². The summed E-state index contributed by atoms with van der Waals surface area (Å²) < 4.78 is 2.03. The quantitative estimate of drug-likeness (QED) is 0.417. The number of rotatable bonds is 3. The fraction of sp³-hybridized carbons (Fsp3) is 0.0870. The first-order valence-electron chi connectivity index (χ1n) is 9.47. The van der Waals surface area contributed by atoms with E-state index in [0.29, 0.717) is 25.5 Å². The fourth-order valence-electron chi connectivity index (χ4n) is 3.33. The molecule has 0 saturated carbocycles. The first-order valence-corrected chi connectivity index (χ1v) is 11.4. The molecular weight excluding hydrogens is 489 g/mol. The van der Waals surface area contributed by atoms with Crippen LogP contribution in [0.3, 0.4) is 0 Å². The summed E-state index contributed by atoms with van der Waals surface area (Å²) in [7, 11) is 0. The minimum absolute atomic E-state index is 0.236. The summed E-state index contributed by atoms with van der Waals surface area (Å²) >= 11 is 19.2. The van der Waals surface area contributed by atoms with Crippen LogP contribution >= 0.6 is 46.6 Å². The zero-order valence-corrected chi connectivity index (χ0v) is 20.0. The number of amides is 2. The van der Waals surface area contributed by atoms with Crippen LogP contribution in [0.4, 0.5) is 0 Å². The van der Waals surface area contributed by atoms with Gasteiger partial charge in [-0.15, -0.1) is 0 Å². The predicted octanol–water partition coefficient (Wildman–Crippen LogP) is 6.45. The van der Waals surface area contributed by atoms with E-state index < -0.39 is 5.91 Å². The van der Waals surface area contributed by atoms with Crippen molar-refractivity contribution in [1.29, 1.82) is 0 Å². The van der Waals surface area contributed by atoms with Gasteiger partial charge < -0.3 is 9.88 Å². The second-order valence-corrected chi connectivity index (χ2v) is 9.34. The third kappa shape index (κ3) is 4.64. The number of aliphatic imine (C=N–C) groups is 1. The fourth-order valence-corrected chi connectivity index (χ4v) is 4.55. The Hall–Kier alpha value is -2.51. The molecule has 1 N–H and O–H groups in total. The molecular formula is C23H16Cl3N3O2S. The van der Waals surface area contributed by atoms with E-state index in [4.69, 9.17) is 34.8 Å². The molecule has 1 saturated heterocycles. The molecule has 162 valence electrons. The molecule has 4 rings (SSSR count). The number of carbonyl (C=O) groups is 2. The number of aromatic nitrogens is 1. The summed E-state index contributed by atoms with van der Waals surface area (Å²) in [4.78, 5) is 29.3. The van der Waals surface area contributed by atoms with Crippen LogP contribution in [-0.2, 0) is 4.79 Å². The van der Waals surface area contributed by atoms with Crippen LogP contribution in [0.1, 0.15) is 27.3 Å². The van der Waals surface area contributed by atoms with Crippen molar-refractivity contribution < 1.29 is 9.59 Å². The van der Waals surface area contributed by atoms with Gasteiger partial charge in [0.25, 0.3) is 11.8 Å². The van der Waals surface area contributed by atoms with Crippen LogP contribution in [0.15, 0.2) is 58.4 Å². The Morgan fingerprint density at radius 3 is 2.44 bits per heavy atom. The van der Waals surface area contributed by atoms with Crippen molar-refractivity contribution in [2.45, 2.75) is 13.8 Å². The highest BCUT2D eigenvalue weighted by Crippen LogP contribution is 2.31. The second kappa shape index (κ2) is 9.16. The maximum absolute atomic E-state index is 12.5. The van der Waals surface area contributed by atoms with E-state index in [0.717, 1.165) is 34.4 Å². The average Bonchev–Trinajstić information content (AvgIpc) is 3.22. The molecule has 2 amide bonds. The summed E-state index contributed by atoms with van der Waals surface area (Å²) in [6, 6.07) is 13.8. The molecule has 1 fully saturated rings. The van der Waals surface area contributed by atoms with Gasteiger partial charge in [0, 0.05) is 27.7 Å². The van der Waals surface area contributed by atoms with Gasteiger partial charge in [-0.3, -0.25) is 9.59 Å². The van der Waals surface area contributed by atoms with Gasteiger partial charge >= 0.3 is 0 Å². The molecule has 0 bridgehead atoms. The molecule has 3 aromatic rings. The average molecular weight is 505 g/mol. The molecule has 32 heavy (non-hydrogen) atoms. The van der Waals surface area contributed by atoms with Gasteiger partial charge in [-0.1, -0.05) is 34.8 Å². The standard InChI is InChI=1S/C23H16Cl3N3O2S/c1-12-9-15(13(2)29(12)17-7-8-18(25)19(26)11-17)10-20-22(31)28-23(32-20)27-21(30)14-3-5-16(24)6-4-14/h3-11H,1-2H3,(H,27,28,30,31)/b20-10-. The first kappa shape index (κ1) is 22.7. The Morgan fingerprint density at radius 1 is 1.03 bits per heavy atom. The number of aryl methyl sites for hydroxylation is 1. The summed E-state index contributed by atoms with van der Waals surface area (Å²) in [5.74, 6) is -0.763. The SMILES string of the molecule is Cc1cc(/C=C2\SC(=NC(=O)c3ccc(Cl)cc3)NC2=O)c(C)n1-c1ccc(Cl)c(Cl)c1. The molecule has 1 aliphatic rings. The van der Waals surface area contributed by atoms with Gasteiger partial charge in [0.15, 0.2) is 5.17 Å². The van der Waals surface area contributed by atoms with Crippen molar-refractivity contribution in [2.75, 3.05) is 0 Å². The van der Waals surface area contributed by atoms with E-state index in [1.807, 2.05) is 30.5 Å². The van der Waals surface area contributed by atoms with Gasteiger partial charge in [-0.05, 0) is 85.8 Å². The van der Waals surface area contributed by atoms with E-state index in [1.165, 1.54) is 0 Å². The van der Waals surface area contributed by atoms with Crippen molar-refractivity contribution >= 4 is 69.6 Å². The lowest BCUT2D eigenvalue weighted by Gasteiger charge is -2.10. The topological polar surface area (TPSA) is 63.5 Å². The predicted molar refractivity (Wildman–Crippen MR) is 132 cm³/mol. The van der Waals surface area contributed by atoms with Gasteiger partial charge in [0.1, 0.15) is 0 Å². The second-order valence-electron chi connectivity index (χ2n) is 7.05. The largest absolute Gasteiger partial charge is 0.318 e. The molecule has 0 spiro atoms. The summed E-state index contributed by atoms with van der Waals surface area (Å²) in [5, 5.41) is 4.36. The highest BCUT2D eigenvalue weighted by molar-refractivity contribution is 8.18. The Labute approximate surface area is 204 Å². The lowest BCUT2D eigenvalue weighted by Crippen LogP contribution is -2.20. The third-order valence-electron chi connectivity index (χ3n) is 4.86. The van der Waals surface area contributed by atoms with Gasteiger partial charge in [-0.25, -0.2) is 0 Å². The lowest BCUT2D eigenvalue weighted by atomic mass is 10.2. The zero-order chi connectivity index (χ0) is 23.0. The van der Waals surface area contributed by atoms with Crippen LogP contribution in [0.5, 0.6) is 0 Å². The molecule has 1 aromatic heterocycles. The summed E-state index contributed by atoms with van der Waals surface area (Å²) in [5.41, 5.74) is 4.04. The van der Waals surface area contributed by atoms with Crippen molar-refractivity contribution in [2.24, 2.45) is 4.99 Å². The molecule has 0 aliphatic carbocycles. The Kier molecular flexibility index (Phi) is 6.49. The van der Waals surface area contributed by atoms with E-state index in [1.54, 1.807) is 42.5 Å². The maximum Gasteiger partial charge on any atom is 0.279 e. The van der Waals surface area contributed by atoms with Crippen LogP contribution in [0, 0.1) is 13.8 Å². The molecule has 1 aliphatic heterocycles. The highest BCUT2D eigenvalue weighted by Gasteiger charge is 2.25. The van der Waals surface area contributed by atoms with Crippen molar-refractivity contribution in [1.82, 2.24) is 9.88 Å². The molecule has 2 heterocycles. The number of nitrogens with one attached hydrogen (secondary N) is 1. The normalized spacial score (nSPS) is 16.1. The highest BCUT2D eigenvalue weighted by atomic mass is 35.5. The van der Waals surface area contributed by atoms with Crippen LogP contribution in [-0.4, -0.2) is 21.5 Å². The summed E-state index contributed by atoms with van der Waals surface area (Å²) in [6.45, 7) is 3.93. The summed E-state index contributed by atoms with van der Waals surface area (Å²) in [6.07, 6.45) is 1.78. The Balaban J connectivity index is 1.60. The number of benzene rings is 2. The van der Waals surface area contributed by atoms with Gasteiger partial charge in [0.2, 0.25) is 0 Å². The molecule has 2 aromatic carbocycles. The minimum atomic E-state index is -0.455.